The molecule has 3 rings (SSSR count). The Morgan fingerprint density at radius 3 is 2.48 bits per heavy atom. The Bertz CT molecular complexity index is 856. The van der Waals surface area contributed by atoms with Gasteiger partial charge in [-0.3, -0.25) is 4.79 Å². The predicted octanol–water partition coefficient (Wildman–Crippen LogP) is 3.49. The highest BCUT2D eigenvalue weighted by Gasteiger charge is 2.18. The molecule has 5 heteroatoms. The number of carbonyl (C=O) groups excluding carboxylic acids is 1. The average Bonchev–Trinajstić information content (AvgIpc) is 3.15. The first-order valence-corrected chi connectivity index (χ1v) is 9.42. The summed E-state index contributed by atoms with van der Waals surface area (Å²) in [6.07, 6.45) is 2.83. The summed E-state index contributed by atoms with van der Waals surface area (Å²) in [5, 5.41) is 11.1. The molecule has 0 radical (unpaired) electrons. The SMILES string of the molecule is CCn1cnnc1CCNC(=O)CC(c1ccccc1)c1ccc(C)cc1. The van der Waals surface area contributed by atoms with Crippen molar-refractivity contribution in [1.82, 2.24) is 20.1 Å². The third-order valence-corrected chi connectivity index (χ3v) is 4.78. The van der Waals surface area contributed by atoms with Gasteiger partial charge in [-0.1, -0.05) is 60.2 Å². The topological polar surface area (TPSA) is 59.8 Å². The molecule has 1 unspecified atom stereocenters. The first-order valence-electron chi connectivity index (χ1n) is 9.42. The molecule has 140 valence electrons. The van der Waals surface area contributed by atoms with Crippen molar-refractivity contribution in [3.8, 4) is 0 Å². The summed E-state index contributed by atoms with van der Waals surface area (Å²) >= 11 is 0. The molecule has 0 aliphatic heterocycles. The summed E-state index contributed by atoms with van der Waals surface area (Å²) in [4.78, 5) is 12.6. The number of amides is 1. The number of benzene rings is 2. The van der Waals surface area contributed by atoms with Crippen LogP contribution in [0.1, 0.15) is 41.8 Å². The normalized spacial score (nSPS) is 11.9. The van der Waals surface area contributed by atoms with E-state index in [4.69, 9.17) is 0 Å². The molecular formula is C22H26N4O. The van der Waals surface area contributed by atoms with Crippen LogP contribution in [0.4, 0.5) is 0 Å². The van der Waals surface area contributed by atoms with Crippen LogP contribution in [0.2, 0.25) is 0 Å². The summed E-state index contributed by atoms with van der Waals surface area (Å²) in [6, 6.07) is 18.6. The Hall–Kier alpha value is -2.95. The molecule has 0 fully saturated rings. The minimum atomic E-state index is 0.0473. The largest absolute Gasteiger partial charge is 0.356 e. The zero-order chi connectivity index (χ0) is 19.1. The van der Waals surface area contributed by atoms with Gasteiger partial charge in [-0.25, -0.2) is 0 Å². The highest BCUT2D eigenvalue weighted by Crippen LogP contribution is 2.28. The van der Waals surface area contributed by atoms with Crippen molar-refractivity contribution in [3.05, 3.63) is 83.4 Å². The van der Waals surface area contributed by atoms with Crippen LogP contribution >= 0.6 is 0 Å². The van der Waals surface area contributed by atoms with E-state index in [0.29, 0.717) is 19.4 Å². The summed E-state index contributed by atoms with van der Waals surface area (Å²) in [5.41, 5.74) is 3.53. The van der Waals surface area contributed by atoms with Crippen molar-refractivity contribution in [2.24, 2.45) is 0 Å². The van der Waals surface area contributed by atoms with Crippen LogP contribution in [0, 0.1) is 6.92 Å². The third-order valence-electron chi connectivity index (χ3n) is 4.78. The molecule has 1 aromatic heterocycles. The van der Waals surface area contributed by atoms with E-state index in [2.05, 4.69) is 65.8 Å². The lowest BCUT2D eigenvalue weighted by molar-refractivity contribution is -0.121. The fourth-order valence-electron chi connectivity index (χ4n) is 3.22. The van der Waals surface area contributed by atoms with Crippen molar-refractivity contribution in [1.29, 1.82) is 0 Å². The fourth-order valence-corrected chi connectivity index (χ4v) is 3.22. The molecule has 1 atom stereocenters. The molecule has 0 bridgehead atoms. The molecular weight excluding hydrogens is 336 g/mol. The van der Waals surface area contributed by atoms with Crippen molar-refractivity contribution in [2.45, 2.75) is 39.2 Å². The number of nitrogens with zero attached hydrogens (tertiary/aromatic N) is 3. The maximum absolute atomic E-state index is 12.6. The van der Waals surface area contributed by atoms with Crippen LogP contribution in [0.15, 0.2) is 60.9 Å². The van der Waals surface area contributed by atoms with Gasteiger partial charge in [-0.15, -0.1) is 10.2 Å². The predicted molar refractivity (Wildman–Crippen MR) is 106 cm³/mol. The van der Waals surface area contributed by atoms with Gasteiger partial charge in [0, 0.05) is 31.8 Å². The molecule has 5 nitrogen and oxygen atoms in total. The van der Waals surface area contributed by atoms with Crippen LogP contribution in [0.25, 0.3) is 0 Å². The van der Waals surface area contributed by atoms with Gasteiger partial charge in [0.15, 0.2) is 0 Å². The average molecular weight is 362 g/mol. The number of rotatable bonds is 8. The lowest BCUT2D eigenvalue weighted by atomic mass is 9.88. The molecule has 1 heterocycles. The van der Waals surface area contributed by atoms with Gasteiger partial charge in [0.05, 0.1) is 0 Å². The first kappa shape index (κ1) is 18.8. The van der Waals surface area contributed by atoms with E-state index in [-0.39, 0.29) is 11.8 Å². The van der Waals surface area contributed by atoms with Gasteiger partial charge < -0.3 is 9.88 Å². The Morgan fingerprint density at radius 2 is 1.78 bits per heavy atom. The van der Waals surface area contributed by atoms with E-state index in [0.717, 1.165) is 23.5 Å². The molecule has 0 saturated carbocycles. The van der Waals surface area contributed by atoms with Crippen LogP contribution in [0.3, 0.4) is 0 Å². The summed E-state index contributed by atoms with van der Waals surface area (Å²) in [6.45, 7) is 5.52. The van der Waals surface area contributed by atoms with Gasteiger partial charge in [-0.05, 0) is 25.0 Å². The quantitative estimate of drug-likeness (QED) is 0.667. The maximum atomic E-state index is 12.6. The van der Waals surface area contributed by atoms with E-state index < -0.39 is 0 Å². The molecule has 2 aromatic carbocycles. The Kier molecular flexibility index (Phi) is 6.36. The second kappa shape index (κ2) is 9.12. The van der Waals surface area contributed by atoms with Crippen molar-refractivity contribution >= 4 is 5.91 Å². The number of aryl methyl sites for hydroxylation is 2. The maximum Gasteiger partial charge on any atom is 0.220 e. The molecule has 0 aliphatic rings. The molecule has 1 N–H and O–H groups in total. The number of carbonyl (C=O) groups is 1. The lowest BCUT2D eigenvalue weighted by Gasteiger charge is -2.18. The van der Waals surface area contributed by atoms with Crippen LogP contribution < -0.4 is 5.32 Å². The van der Waals surface area contributed by atoms with Gasteiger partial charge in [0.1, 0.15) is 12.2 Å². The second-order valence-electron chi connectivity index (χ2n) is 6.71. The van der Waals surface area contributed by atoms with Crippen LogP contribution in [-0.2, 0) is 17.8 Å². The van der Waals surface area contributed by atoms with Crippen LogP contribution in [0.5, 0.6) is 0 Å². The standard InChI is InChI=1S/C22H26N4O/c1-3-26-16-24-25-21(26)13-14-23-22(27)15-20(18-7-5-4-6-8-18)19-11-9-17(2)10-12-19/h4-12,16,20H,3,13-15H2,1-2H3,(H,23,27). The van der Waals surface area contributed by atoms with Crippen molar-refractivity contribution in [2.75, 3.05) is 6.54 Å². The lowest BCUT2D eigenvalue weighted by Crippen LogP contribution is -2.28. The highest BCUT2D eigenvalue weighted by molar-refractivity contribution is 5.77. The Labute approximate surface area is 160 Å². The summed E-state index contributed by atoms with van der Waals surface area (Å²) < 4.78 is 1.99. The van der Waals surface area contributed by atoms with E-state index >= 15 is 0 Å². The van der Waals surface area contributed by atoms with Gasteiger partial charge >= 0.3 is 0 Å². The van der Waals surface area contributed by atoms with Crippen LogP contribution in [-0.4, -0.2) is 27.2 Å². The zero-order valence-corrected chi connectivity index (χ0v) is 15.9. The van der Waals surface area contributed by atoms with Crippen molar-refractivity contribution in [3.63, 3.8) is 0 Å². The van der Waals surface area contributed by atoms with Gasteiger partial charge in [0.2, 0.25) is 5.91 Å². The molecule has 1 amide bonds. The highest BCUT2D eigenvalue weighted by atomic mass is 16.1. The van der Waals surface area contributed by atoms with Gasteiger partial charge in [-0.2, -0.15) is 0 Å². The molecule has 0 spiro atoms. The van der Waals surface area contributed by atoms with E-state index in [1.165, 1.54) is 5.56 Å². The molecule has 3 aromatic rings. The van der Waals surface area contributed by atoms with Crippen molar-refractivity contribution < 1.29 is 4.79 Å². The second-order valence-corrected chi connectivity index (χ2v) is 6.71. The van der Waals surface area contributed by atoms with E-state index in [1.54, 1.807) is 6.33 Å². The summed E-state index contributed by atoms with van der Waals surface area (Å²) in [5.74, 6) is 0.994. The first-order chi connectivity index (χ1) is 13.2. The fraction of sp³-hybridized carbons (Fsp3) is 0.318. The molecule has 0 saturated heterocycles. The smallest absolute Gasteiger partial charge is 0.220 e. The number of hydrogen-bond acceptors (Lipinski definition) is 3. The van der Waals surface area contributed by atoms with Gasteiger partial charge in [0.25, 0.3) is 0 Å². The number of hydrogen-bond donors (Lipinski definition) is 1. The summed E-state index contributed by atoms with van der Waals surface area (Å²) in [7, 11) is 0. The number of aromatic nitrogens is 3. The minimum absolute atomic E-state index is 0.0473. The Morgan fingerprint density at radius 1 is 1.07 bits per heavy atom. The minimum Gasteiger partial charge on any atom is -0.356 e. The third kappa shape index (κ3) is 5.03. The Balaban J connectivity index is 1.65. The zero-order valence-electron chi connectivity index (χ0n) is 15.9. The van der Waals surface area contributed by atoms with E-state index in [9.17, 15) is 4.79 Å². The molecule has 27 heavy (non-hydrogen) atoms. The molecule has 0 aliphatic carbocycles. The monoisotopic (exact) mass is 362 g/mol. The van der Waals surface area contributed by atoms with E-state index in [1.807, 2.05) is 22.8 Å². The number of nitrogens with one attached hydrogen (secondary N) is 1.